The molecule has 1 N–H and O–H groups in total. The third-order valence-electron chi connectivity index (χ3n) is 9.71. The van der Waals surface area contributed by atoms with E-state index in [-0.39, 0.29) is 34.8 Å². The molecule has 1 saturated heterocycles. The number of carbonyl (C=O) groups is 1. The van der Waals surface area contributed by atoms with Gasteiger partial charge in [0, 0.05) is 43.1 Å². The van der Waals surface area contributed by atoms with Gasteiger partial charge in [-0.25, -0.2) is 0 Å². The molecule has 0 aromatic heterocycles. The summed E-state index contributed by atoms with van der Waals surface area (Å²) < 4.78 is 45.9. The van der Waals surface area contributed by atoms with Crippen LogP contribution in [0, 0.1) is 10.1 Å². The van der Waals surface area contributed by atoms with Crippen LogP contribution in [0.25, 0.3) is 6.08 Å². The van der Waals surface area contributed by atoms with E-state index in [9.17, 15) is 33.2 Å². The first-order valence-corrected chi connectivity index (χ1v) is 13.6. The Labute approximate surface area is 234 Å². The maximum Gasteiger partial charge on any atom is 0.416 e. The van der Waals surface area contributed by atoms with Crippen molar-refractivity contribution < 1.29 is 32.7 Å². The number of likely N-dealkylation sites (tertiary alicyclic amines) is 1. The number of benzene rings is 2. The predicted octanol–water partition coefficient (Wildman–Crippen LogP) is 4.58. The highest BCUT2D eigenvalue weighted by atomic mass is 19.4. The number of alkyl halides is 3. The van der Waals surface area contributed by atoms with E-state index in [1.165, 1.54) is 29.2 Å². The molecular weight excluding hydrogens is 539 g/mol. The minimum Gasteiger partial charge on any atom is -0.504 e. The van der Waals surface area contributed by atoms with Gasteiger partial charge in [0.1, 0.15) is 11.5 Å². The van der Waals surface area contributed by atoms with Gasteiger partial charge < -0.3 is 14.7 Å². The van der Waals surface area contributed by atoms with Gasteiger partial charge >= 0.3 is 6.18 Å². The van der Waals surface area contributed by atoms with Crippen LogP contribution in [0.1, 0.15) is 41.5 Å². The molecule has 2 bridgehead atoms. The second-order valence-corrected chi connectivity index (χ2v) is 11.4. The van der Waals surface area contributed by atoms with Crippen LogP contribution in [0.4, 0.5) is 13.2 Å². The van der Waals surface area contributed by atoms with Crippen molar-refractivity contribution in [2.75, 3.05) is 20.1 Å². The summed E-state index contributed by atoms with van der Waals surface area (Å²) in [7, 11) is 1.58. The van der Waals surface area contributed by atoms with E-state index >= 15 is 0 Å². The molecule has 2 heterocycles. The number of piperidine rings is 1. The Morgan fingerprint density at radius 2 is 2.10 bits per heavy atom. The maximum atomic E-state index is 13.4. The number of hydrogen-bond donors (Lipinski definition) is 1. The Bertz CT molecular complexity index is 1480. The summed E-state index contributed by atoms with van der Waals surface area (Å²) in [6, 6.07) is 7.07. The number of nitrogens with zero attached hydrogens (tertiary/aromatic N) is 3. The van der Waals surface area contributed by atoms with Crippen LogP contribution in [0.15, 0.2) is 55.1 Å². The summed E-state index contributed by atoms with van der Waals surface area (Å²) in [6.07, 6.45) is 0.336. The lowest BCUT2D eigenvalue weighted by Gasteiger charge is -2.61. The van der Waals surface area contributed by atoms with Crippen molar-refractivity contribution in [1.29, 1.82) is 0 Å². The number of hydrogen-bond acceptors (Lipinski definition) is 6. The molecule has 2 fully saturated rings. The minimum atomic E-state index is -4.51. The van der Waals surface area contributed by atoms with Crippen LogP contribution in [0.5, 0.6) is 11.5 Å². The molecule has 6 rings (SSSR count). The van der Waals surface area contributed by atoms with E-state index in [2.05, 4.69) is 11.5 Å². The quantitative estimate of drug-likeness (QED) is 0.237. The summed E-state index contributed by atoms with van der Waals surface area (Å²) in [5, 5.41) is 24.0. The van der Waals surface area contributed by atoms with Crippen LogP contribution < -0.4 is 4.74 Å². The van der Waals surface area contributed by atoms with Crippen molar-refractivity contribution in [2.24, 2.45) is 0 Å². The number of phenols is 1. The molecule has 4 aliphatic rings. The van der Waals surface area contributed by atoms with Gasteiger partial charge in [-0.05, 0) is 54.7 Å². The van der Waals surface area contributed by atoms with Crippen LogP contribution in [0.2, 0.25) is 0 Å². The lowest BCUT2D eigenvalue weighted by Crippen LogP contribution is -2.80. The number of amides is 1. The first-order valence-electron chi connectivity index (χ1n) is 13.6. The smallest absolute Gasteiger partial charge is 0.416 e. The zero-order valence-electron chi connectivity index (χ0n) is 22.4. The number of halogens is 3. The van der Waals surface area contributed by atoms with Crippen molar-refractivity contribution in [1.82, 2.24) is 9.80 Å². The Kier molecular flexibility index (Phi) is 6.22. The third-order valence-corrected chi connectivity index (χ3v) is 9.71. The van der Waals surface area contributed by atoms with Crippen LogP contribution >= 0.6 is 0 Å². The first kappa shape index (κ1) is 27.3. The molecule has 1 saturated carbocycles. The molecule has 11 heteroatoms. The summed E-state index contributed by atoms with van der Waals surface area (Å²) in [4.78, 5) is 30.0. The fourth-order valence-corrected chi connectivity index (χ4v) is 8.03. The molecular formula is C30H30F3N3O5. The molecule has 0 radical (unpaired) electrons. The van der Waals surface area contributed by atoms with E-state index in [0.29, 0.717) is 31.5 Å². The molecule has 8 nitrogen and oxygen atoms in total. The fraction of sp³-hybridized carbons (Fsp3) is 0.433. The topological polar surface area (TPSA) is 96.2 Å². The average molecular weight is 570 g/mol. The Balaban J connectivity index is 1.38. The van der Waals surface area contributed by atoms with E-state index < -0.39 is 46.8 Å². The van der Waals surface area contributed by atoms with Crippen molar-refractivity contribution >= 4 is 12.0 Å². The predicted molar refractivity (Wildman–Crippen MR) is 144 cm³/mol. The van der Waals surface area contributed by atoms with Crippen LogP contribution in [0.3, 0.4) is 0 Å². The largest absolute Gasteiger partial charge is 0.504 e. The lowest BCUT2D eigenvalue weighted by molar-refractivity contribution is -0.605. The van der Waals surface area contributed by atoms with Gasteiger partial charge in [0.05, 0.1) is 17.6 Å². The maximum absolute atomic E-state index is 13.4. The summed E-state index contributed by atoms with van der Waals surface area (Å²) >= 11 is 0. The van der Waals surface area contributed by atoms with Gasteiger partial charge in [-0.2, -0.15) is 13.2 Å². The number of phenolic OH excluding ortho intramolecular Hbond substituents is 1. The van der Waals surface area contributed by atoms with Gasteiger partial charge in [0.2, 0.25) is 5.91 Å². The normalized spacial score (nSPS) is 30.0. The second kappa shape index (κ2) is 9.34. The van der Waals surface area contributed by atoms with Gasteiger partial charge in [0.15, 0.2) is 11.5 Å². The van der Waals surface area contributed by atoms with Crippen molar-refractivity contribution in [3.8, 4) is 11.5 Å². The molecule has 216 valence electrons. The van der Waals surface area contributed by atoms with Crippen molar-refractivity contribution in [3.05, 3.63) is 87.5 Å². The van der Waals surface area contributed by atoms with Gasteiger partial charge in [-0.1, -0.05) is 24.3 Å². The number of carbonyl (C=O) groups excluding carboxylic acids is 1. The SMILES string of the molecule is C=CCN1CC[C@]23c4c5ccc(O)c4O[C@H]2[C@H](N(C)C(=O)C=Cc2cccc(C(F)(F)F)c2)CC[C@@]3([N+](=O)[O-])[C@H]1C5. The minimum absolute atomic E-state index is 0.0890. The average Bonchev–Trinajstić information content (AvgIpc) is 3.29. The fourth-order valence-electron chi connectivity index (χ4n) is 8.03. The van der Waals surface area contributed by atoms with Crippen LogP contribution in [-0.4, -0.2) is 69.6 Å². The monoisotopic (exact) mass is 569 g/mol. The molecule has 1 amide bonds. The standard InChI is InChI=1S/C30H30F3N3O5/c1-3-14-35-15-13-28-25-19-8-9-22(37)26(25)41-27(28)21(11-12-29(28,36(39)40)23(35)17-19)34(2)24(38)10-7-18-5-4-6-20(16-18)30(31,32)33/h3-10,16,21,23,27,37H,1,11-15,17H2,2H3/t21-,23-,27+,28+,29-/m1/s1. The number of likely N-dealkylation sites (N-methyl/N-ethyl adjacent to an activating group) is 1. The molecule has 2 aliphatic heterocycles. The molecule has 2 aliphatic carbocycles. The van der Waals surface area contributed by atoms with Crippen molar-refractivity contribution in [2.45, 2.75) is 61.0 Å². The molecule has 1 spiro atoms. The Morgan fingerprint density at radius 3 is 2.80 bits per heavy atom. The molecule has 41 heavy (non-hydrogen) atoms. The highest BCUT2D eigenvalue weighted by Crippen LogP contribution is 2.66. The lowest BCUT2D eigenvalue weighted by atomic mass is 9.46. The number of rotatable bonds is 6. The number of ether oxygens (including phenoxy) is 1. The number of aromatic hydroxyl groups is 1. The summed E-state index contributed by atoms with van der Waals surface area (Å²) in [5.41, 5.74) is -1.47. The van der Waals surface area contributed by atoms with Gasteiger partial charge in [-0.3, -0.25) is 19.8 Å². The van der Waals surface area contributed by atoms with E-state index in [1.807, 2.05) is 6.07 Å². The zero-order chi connectivity index (χ0) is 29.3. The molecule has 0 unspecified atom stereocenters. The number of nitro groups is 1. The van der Waals surface area contributed by atoms with Gasteiger partial charge in [-0.15, -0.1) is 6.58 Å². The molecule has 2 aromatic rings. The summed E-state index contributed by atoms with van der Waals surface area (Å²) in [5.74, 6) is -0.298. The third kappa shape index (κ3) is 3.74. The summed E-state index contributed by atoms with van der Waals surface area (Å²) in [6.45, 7) is 4.92. The molecule has 2 aromatic carbocycles. The molecule has 5 atom stereocenters. The van der Waals surface area contributed by atoms with Crippen LogP contribution in [-0.2, 0) is 22.8 Å². The second-order valence-electron chi connectivity index (χ2n) is 11.4. The highest BCUT2D eigenvalue weighted by Gasteiger charge is 2.80. The highest BCUT2D eigenvalue weighted by molar-refractivity contribution is 5.92. The van der Waals surface area contributed by atoms with E-state index in [0.717, 1.165) is 17.7 Å². The van der Waals surface area contributed by atoms with E-state index in [4.69, 9.17) is 4.74 Å². The zero-order valence-corrected chi connectivity index (χ0v) is 22.4. The van der Waals surface area contributed by atoms with Gasteiger partial charge in [0.25, 0.3) is 5.54 Å². The van der Waals surface area contributed by atoms with E-state index in [1.54, 1.807) is 19.2 Å². The Morgan fingerprint density at radius 1 is 1.32 bits per heavy atom. The first-order chi connectivity index (χ1) is 19.5. The Hall–Kier alpha value is -3.86. The van der Waals surface area contributed by atoms with Crippen molar-refractivity contribution in [3.63, 3.8) is 0 Å².